The number of rotatable bonds is 6. The van der Waals surface area contributed by atoms with E-state index in [0.717, 1.165) is 11.3 Å². The van der Waals surface area contributed by atoms with E-state index < -0.39 is 6.10 Å². The van der Waals surface area contributed by atoms with Crippen molar-refractivity contribution in [3.05, 3.63) is 83.9 Å². The van der Waals surface area contributed by atoms with Gasteiger partial charge in [-0.3, -0.25) is 0 Å². The smallest absolute Gasteiger partial charge is 0.158 e. The molecule has 23 heavy (non-hydrogen) atoms. The summed E-state index contributed by atoms with van der Waals surface area (Å²) in [6.07, 6.45) is -0.516. The van der Waals surface area contributed by atoms with Crippen molar-refractivity contribution in [1.82, 2.24) is 0 Å². The van der Waals surface area contributed by atoms with Crippen LogP contribution in [0, 0.1) is 5.82 Å². The third-order valence-corrected chi connectivity index (χ3v) is 3.72. The fourth-order valence-corrected chi connectivity index (χ4v) is 2.49. The van der Waals surface area contributed by atoms with Gasteiger partial charge in [0.25, 0.3) is 0 Å². The minimum Gasteiger partial charge on any atom is -0.455 e. The van der Waals surface area contributed by atoms with Crippen molar-refractivity contribution in [3.8, 4) is 11.3 Å². The SMILES string of the molecule is O[C@H](C[NH2+]Cc1ccc(-c2ccccc2F)o1)c1ccccc1. The molecular weight excluding hydrogens is 293 g/mol. The van der Waals surface area contributed by atoms with Crippen molar-refractivity contribution >= 4 is 0 Å². The molecule has 0 saturated heterocycles. The second kappa shape index (κ2) is 7.22. The standard InChI is InChI=1S/C19H18FNO2/c20-17-9-5-4-8-16(17)19-11-10-15(23-19)12-21-13-18(22)14-6-2-1-3-7-14/h1-11,18,21-22H,12-13H2/p+1/t18-/m1/s1. The van der Waals surface area contributed by atoms with Crippen LogP contribution in [0.15, 0.2) is 71.1 Å². The van der Waals surface area contributed by atoms with Crippen LogP contribution in [0.3, 0.4) is 0 Å². The zero-order valence-corrected chi connectivity index (χ0v) is 12.7. The largest absolute Gasteiger partial charge is 0.455 e. The Kier molecular flexibility index (Phi) is 4.86. The van der Waals surface area contributed by atoms with E-state index in [1.54, 1.807) is 24.3 Å². The van der Waals surface area contributed by atoms with Crippen LogP contribution in [-0.2, 0) is 6.54 Å². The lowest BCUT2D eigenvalue weighted by molar-refractivity contribution is -0.679. The number of aliphatic hydroxyl groups is 1. The van der Waals surface area contributed by atoms with E-state index in [9.17, 15) is 9.50 Å². The van der Waals surface area contributed by atoms with Gasteiger partial charge in [0.1, 0.15) is 30.8 Å². The lowest BCUT2D eigenvalue weighted by Gasteiger charge is -2.08. The van der Waals surface area contributed by atoms with Gasteiger partial charge < -0.3 is 14.8 Å². The maximum absolute atomic E-state index is 13.7. The topological polar surface area (TPSA) is 50.0 Å². The van der Waals surface area contributed by atoms with Gasteiger partial charge in [-0.2, -0.15) is 0 Å². The number of nitrogens with two attached hydrogens (primary N) is 1. The van der Waals surface area contributed by atoms with Gasteiger partial charge >= 0.3 is 0 Å². The molecule has 3 N–H and O–H groups in total. The quantitative estimate of drug-likeness (QED) is 0.735. The molecule has 0 saturated carbocycles. The van der Waals surface area contributed by atoms with Gasteiger partial charge in [0.05, 0.1) is 5.56 Å². The van der Waals surface area contributed by atoms with Gasteiger partial charge in [-0.1, -0.05) is 42.5 Å². The Balaban J connectivity index is 1.57. The Morgan fingerprint density at radius 2 is 1.70 bits per heavy atom. The van der Waals surface area contributed by atoms with Crippen LogP contribution >= 0.6 is 0 Å². The lowest BCUT2D eigenvalue weighted by atomic mass is 10.1. The summed E-state index contributed by atoms with van der Waals surface area (Å²) >= 11 is 0. The summed E-state index contributed by atoms with van der Waals surface area (Å²) < 4.78 is 19.4. The lowest BCUT2D eigenvalue weighted by Crippen LogP contribution is -2.83. The summed E-state index contributed by atoms with van der Waals surface area (Å²) in [6.45, 7) is 1.14. The van der Waals surface area contributed by atoms with Crippen LogP contribution in [0.4, 0.5) is 4.39 Å². The van der Waals surface area contributed by atoms with Gasteiger partial charge in [0.2, 0.25) is 0 Å². The predicted octanol–water partition coefficient (Wildman–Crippen LogP) is 2.88. The molecule has 3 aromatic rings. The molecule has 0 aliphatic carbocycles. The minimum absolute atomic E-state index is 0.295. The van der Waals surface area contributed by atoms with Crippen LogP contribution in [-0.4, -0.2) is 11.7 Å². The summed E-state index contributed by atoms with van der Waals surface area (Å²) in [6, 6.07) is 19.7. The average Bonchev–Trinajstić information content (AvgIpc) is 3.04. The van der Waals surface area contributed by atoms with Crippen LogP contribution in [0.25, 0.3) is 11.3 Å². The highest BCUT2D eigenvalue weighted by molar-refractivity contribution is 5.58. The summed E-state index contributed by atoms with van der Waals surface area (Å²) in [5.74, 6) is 0.982. The zero-order chi connectivity index (χ0) is 16.1. The van der Waals surface area contributed by atoms with Crippen LogP contribution in [0.1, 0.15) is 17.4 Å². The molecule has 0 amide bonds. The Morgan fingerprint density at radius 3 is 2.48 bits per heavy atom. The molecule has 3 nitrogen and oxygen atoms in total. The number of halogens is 1. The first kappa shape index (κ1) is 15.5. The van der Waals surface area contributed by atoms with E-state index in [2.05, 4.69) is 0 Å². The maximum atomic E-state index is 13.7. The molecule has 3 rings (SSSR count). The molecule has 1 aromatic heterocycles. The number of hydrogen-bond acceptors (Lipinski definition) is 2. The average molecular weight is 312 g/mol. The first-order valence-electron chi connectivity index (χ1n) is 7.62. The molecule has 0 fully saturated rings. The summed E-state index contributed by atoms with van der Waals surface area (Å²) in [7, 11) is 0. The fraction of sp³-hybridized carbons (Fsp3) is 0.158. The number of quaternary nitrogens is 1. The van der Waals surface area contributed by atoms with E-state index in [1.165, 1.54) is 6.07 Å². The molecule has 0 bridgehead atoms. The Bertz CT molecular complexity index is 755. The molecule has 0 aliphatic rings. The molecule has 0 unspecified atom stereocenters. The fourth-order valence-electron chi connectivity index (χ4n) is 2.49. The van der Waals surface area contributed by atoms with Crippen molar-refractivity contribution in [2.45, 2.75) is 12.6 Å². The summed E-state index contributed by atoms with van der Waals surface area (Å²) in [4.78, 5) is 0. The van der Waals surface area contributed by atoms with Gasteiger partial charge in [0.15, 0.2) is 5.76 Å². The second-order valence-corrected chi connectivity index (χ2v) is 5.40. The molecule has 2 aromatic carbocycles. The van der Waals surface area contributed by atoms with Gasteiger partial charge in [-0.25, -0.2) is 4.39 Å². The van der Waals surface area contributed by atoms with Crippen molar-refractivity contribution in [3.63, 3.8) is 0 Å². The number of aliphatic hydroxyl groups excluding tert-OH is 1. The monoisotopic (exact) mass is 312 g/mol. The van der Waals surface area contributed by atoms with Gasteiger partial charge in [-0.15, -0.1) is 0 Å². The van der Waals surface area contributed by atoms with Crippen molar-refractivity contribution in [2.24, 2.45) is 0 Å². The molecule has 1 atom stereocenters. The van der Waals surface area contributed by atoms with Gasteiger partial charge in [-0.05, 0) is 29.8 Å². The van der Waals surface area contributed by atoms with Crippen molar-refractivity contribution in [2.75, 3.05) is 6.54 Å². The Hall–Kier alpha value is -2.43. The zero-order valence-electron chi connectivity index (χ0n) is 12.7. The molecule has 0 spiro atoms. The van der Waals surface area contributed by atoms with E-state index in [1.807, 2.05) is 41.7 Å². The van der Waals surface area contributed by atoms with E-state index in [-0.39, 0.29) is 5.82 Å². The molecule has 4 heteroatoms. The highest BCUT2D eigenvalue weighted by Crippen LogP contribution is 2.24. The first-order chi connectivity index (χ1) is 11.2. The molecule has 1 heterocycles. The molecular formula is C19H19FNO2+. The van der Waals surface area contributed by atoms with E-state index in [0.29, 0.717) is 24.4 Å². The number of benzene rings is 2. The predicted molar refractivity (Wildman–Crippen MR) is 86.0 cm³/mol. The highest BCUT2D eigenvalue weighted by atomic mass is 19.1. The van der Waals surface area contributed by atoms with Crippen molar-refractivity contribution in [1.29, 1.82) is 0 Å². The summed E-state index contributed by atoms with van der Waals surface area (Å²) in [5, 5.41) is 12.1. The van der Waals surface area contributed by atoms with Crippen LogP contribution < -0.4 is 5.32 Å². The molecule has 0 aliphatic heterocycles. The van der Waals surface area contributed by atoms with E-state index in [4.69, 9.17) is 4.42 Å². The Labute approximate surface area is 134 Å². The van der Waals surface area contributed by atoms with Crippen LogP contribution in [0.5, 0.6) is 0 Å². The number of furan rings is 1. The molecule has 0 radical (unpaired) electrons. The third kappa shape index (κ3) is 3.86. The van der Waals surface area contributed by atoms with E-state index >= 15 is 0 Å². The second-order valence-electron chi connectivity index (χ2n) is 5.40. The number of hydrogen-bond donors (Lipinski definition) is 2. The van der Waals surface area contributed by atoms with Crippen LogP contribution in [0.2, 0.25) is 0 Å². The Morgan fingerprint density at radius 1 is 0.957 bits per heavy atom. The van der Waals surface area contributed by atoms with Gasteiger partial charge in [0, 0.05) is 0 Å². The maximum Gasteiger partial charge on any atom is 0.158 e. The third-order valence-electron chi connectivity index (χ3n) is 3.72. The summed E-state index contributed by atoms with van der Waals surface area (Å²) in [5.41, 5.74) is 1.36. The minimum atomic E-state index is -0.516. The first-order valence-corrected chi connectivity index (χ1v) is 7.62. The molecule has 118 valence electrons. The normalized spacial score (nSPS) is 12.3. The van der Waals surface area contributed by atoms with Crippen molar-refractivity contribution < 1.29 is 19.2 Å². The highest BCUT2D eigenvalue weighted by Gasteiger charge is 2.12.